The number of hydrogen-bond acceptors (Lipinski definition) is 4. The third-order valence-electron chi connectivity index (χ3n) is 8.32. The summed E-state index contributed by atoms with van der Waals surface area (Å²) < 4.78 is 5.62. The Morgan fingerprint density at radius 3 is 1.51 bits per heavy atom. The molecule has 6 rings (SSSR count). The molecule has 3 amide bonds. The van der Waals surface area contributed by atoms with Gasteiger partial charge in [0.25, 0.3) is 0 Å². The van der Waals surface area contributed by atoms with Crippen molar-refractivity contribution in [3.63, 3.8) is 0 Å². The fraction of sp³-hybridized carbons (Fsp3) is 0.132. The number of carbonyl (C=O) groups is 3. The van der Waals surface area contributed by atoms with E-state index in [1.54, 1.807) is 0 Å². The summed E-state index contributed by atoms with van der Waals surface area (Å²) in [6.07, 6.45) is -1.21. The molecule has 0 spiro atoms. The number of primary amides is 1. The predicted octanol–water partition coefficient (Wildman–Crippen LogP) is 5.88. The molecule has 0 fully saturated rings. The molecule has 7 heteroatoms. The SMILES string of the molecule is NC(=O)[C@H](CC(=O)NC(c1ccccc1)(c1ccccc1)c1ccccc1)NC(=O)OCC1c2ccccc2-c2ccccc21. The first-order valence-electron chi connectivity index (χ1n) is 14.9. The summed E-state index contributed by atoms with van der Waals surface area (Å²) in [6, 6.07) is 43.6. The van der Waals surface area contributed by atoms with Gasteiger partial charge in [0.15, 0.2) is 0 Å². The molecule has 5 aromatic rings. The Bertz CT molecular complexity index is 1670. The molecule has 1 atom stereocenters. The van der Waals surface area contributed by atoms with Gasteiger partial charge in [-0.2, -0.15) is 0 Å². The van der Waals surface area contributed by atoms with Crippen LogP contribution < -0.4 is 16.4 Å². The highest BCUT2D eigenvalue weighted by atomic mass is 16.5. The molecular weight excluding hydrogens is 562 g/mol. The number of amides is 3. The molecule has 0 radical (unpaired) electrons. The van der Waals surface area contributed by atoms with Crippen LogP contribution >= 0.6 is 0 Å². The first kappa shape index (κ1) is 29.4. The summed E-state index contributed by atoms with van der Waals surface area (Å²) >= 11 is 0. The lowest BCUT2D eigenvalue weighted by molar-refractivity contribution is -0.127. The third-order valence-corrected chi connectivity index (χ3v) is 8.32. The van der Waals surface area contributed by atoms with Gasteiger partial charge in [0.05, 0.1) is 6.42 Å². The van der Waals surface area contributed by atoms with E-state index in [0.29, 0.717) is 0 Å². The van der Waals surface area contributed by atoms with Crippen LogP contribution in [0.25, 0.3) is 11.1 Å². The Morgan fingerprint density at radius 2 is 1.07 bits per heavy atom. The van der Waals surface area contributed by atoms with E-state index in [9.17, 15) is 14.4 Å². The molecule has 0 unspecified atom stereocenters. The number of rotatable bonds is 10. The van der Waals surface area contributed by atoms with E-state index < -0.39 is 29.5 Å². The lowest BCUT2D eigenvalue weighted by Gasteiger charge is -2.37. The summed E-state index contributed by atoms with van der Waals surface area (Å²) in [5.74, 6) is -1.47. The van der Waals surface area contributed by atoms with Crippen LogP contribution in [-0.2, 0) is 19.9 Å². The van der Waals surface area contributed by atoms with Gasteiger partial charge in [-0.15, -0.1) is 0 Å². The molecule has 5 aromatic carbocycles. The van der Waals surface area contributed by atoms with Crippen LogP contribution in [0.2, 0.25) is 0 Å². The number of benzene rings is 5. The zero-order chi connectivity index (χ0) is 31.2. The molecule has 0 aliphatic heterocycles. The summed E-state index contributed by atoms with van der Waals surface area (Å²) in [5.41, 5.74) is 11.4. The summed E-state index contributed by atoms with van der Waals surface area (Å²) in [5, 5.41) is 5.73. The highest BCUT2D eigenvalue weighted by Crippen LogP contribution is 2.44. The minimum atomic E-state index is -1.29. The van der Waals surface area contributed by atoms with Gasteiger partial charge in [0.1, 0.15) is 18.2 Å². The summed E-state index contributed by atoms with van der Waals surface area (Å²) in [6.45, 7) is 0.0661. The van der Waals surface area contributed by atoms with E-state index in [0.717, 1.165) is 38.9 Å². The Balaban J connectivity index is 1.21. The molecular formula is C38H33N3O4. The quantitative estimate of drug-likeness (QED) is 0.175. The molecule has 4 N–H and O–H groups in total. The molecule has 7 nitrogen and oxygen atoms in total. The zero-order valence-electron chi connectivity index (χ0n) is 24.6. The topological polar surface area (TPSA) is 111 Å². The standard InChI is InChI=1S/C38H33N3O4/c39-36(43)34(40-37(44)45-25-33-31-22-12-10-20-29(31)30-21-11-13-23-32(30)33)24-35(42)41-38(26-14-4-1-5-15-26,27-16-6-2-7-17-27)28-18-8-3-9-19-28/h1-23,33-34H,24-25H2,(H2,39,43)(H,40,44)(H,41,42)/t34-/m0/s1. The van der Waals surface area contributed by atoms with Crippen LogP contribution in [-0.4, -0.2) is 30.6 Å². The number of hydrogen-bond donors (Lipinski definition) is 3. The normalized spacial score (nSPS) is 12.8. The molecule has 0 aromatic heterocycles. The number of carbonyl (C=O) groups excluding carboxylic acids is 3. The third kappa shape index (κ3) is 5.93. The van der Waals surface area contributed by atoms with Crippen molar-refractivity contribution >= 4 is 17.9 Å². The van der Waals surface area contributed by atoms with Crippen molar-refractivity contribution < 1.29 is 19.1 Å². The Morgan fingerprint density at radius 1 is 0.644 bits per heavy atom. The van der Waals surface area contributed by atoms with Crippen molar-refractivity contribution in [2.75, 3.05) is 6.61 Å². The minimum absolute atomic E-state index is 0.0661. The second-order valence-electron chi connectivity index (χ2n) is 11.0. The van der Waals surface area contributed by atoms with Gasteiger partial charge < -0.3 is 21.1 Å². The monoisotopic (exact) mass is 595 g/mol. The van der Waals surface area contributed by atoms with E-state index in [2.05, 4.69) is 22.8 Å². The number of ether oxygens (including phenoxy) is 1. The molecule has 0 saturated heterocycles. The lowest BCUT2D eigenvalue weighted by Crippen LogP contribution is -2.52. The van der Waals surface area contributed by atoms with Crippen LogP contribution in [0.1, 0.15) is 40.2 Å². The van der Waals surface area contributed by atoms with Crippen molar-refractivity contribution in [2.45, 2.75) is 23.9 Å². The van der Waals surface area contributed by atoms with E-state index in [4.69, 9.17) is 10.5 Å². The number of nitrogens with one attached hydrogen (secondary N) is 2. The molecule has 0 bridgehead atoms. The number of nitrogens with two attached hydrogens (primary N) is 1. The molecule has 45 heavy (non-hydrogen) atoms. The summed E-state index contributed by atoms with van der Waals surface area (Å²) in [4.78, 5) is 39.3. The van der Waals surface area contributed by atoms with E-state index in [1.165, 1.54) is 0 Å². The minimum Gasteiger partial charge on any atom is -0.449 e. The highest BCUT2D eigenvalue weighted by molar-refractivity contribution is 5.90. The van der Waals surface area contributed by atoms with Crippen molar-refractivity contribution in [1.82, 2.24) is 10.6 Å². The zero-order valence-corrected chi connectivity index (χ0v) is 24.6. The van der Waals surface area contributed by atoms with Crippen LogP contribution in [0, 0.1) is 0 Å². The van der Waals surface area contributed by atoms with E-state index >= 15 is 0 Å². The Hall–Kier alpha value is -5.69. The lowest BCUT2D eigenvalue weighted by atomic mass is 9.77. The average molecular weight is 596 g/mol. The fourth-order valence-electron chi connectivity index (χ4n) is 6.23. The van der Waals surface area contributed by atoms with Gasteiger partial charge in [0, 0.05) is 5.92 Å². The van der Waals surface area contributed by atoms with Gasteiger partial charge in [-0.05, 0) is 38.9 Å². The second kappa shape index (κ2) is 12.9. The maximum atomic E-state index is 13.8. The van der Waals surface area contributed by atoms with Crippen molar-refractivity contribution in [3.05, 3.63) is 167 Å². The molecule has 1 aliphatic rings. The molecule has 0 heterocycles. The Kier molecular flexibility index (Phi) is 8.42. The highest BCUT2D eigenvalue weighted by Gasteiger charge is 2.39. The van der Waals surface area contributed by atoms with Gasteiger partial charge in [-0.3, -0.25) is 9.59 Å². The summed E-state index contributed by atoms with van der Waals surface area (Å²) in [7, 11) is 0. The van der Waals surface area contributed by atoms with Crippen LogP contribution in [0.15, 0.2) is 140 Å². The maximum Gasteiger partial charge on any atom is 0.407 e. The fourth-order valence-corrected chi connectivity index (χ4v) is 6.23. The van der Waals surface area contributed by atoms with E-state index in [1.807, 2.05) is 127 Å². The van der Waals surface area contributed by atoms with Crippen LogP contribution in [0.5, 0.6) is 0 Å². The second-order valence-corrected chi connectivity index (χ2v) is 11.0. The average Bonchev–Trinajstić information content (AvgIpc) is 3.40. The maximum absolute atomic E-state index is 13.8. The molecule has 1 aliphatic carbocycles. The molecule has 0 saturated carbocycles. The van der Waals surface area contributed by atoms with Crippen LogP contribution in [0.4, 0.5) is 4.79 Å². The van der Waals surface area contributed by atoms with Gasteiger partial charge in [-0.25, -0.2) is 4.79 Å². The number of fused-ring (bicyclic) bond motifs is 3. The van der Waals surface area contributed by atoms with Crippen molar-refractivity contribution in [3.8, 4) is 11.1 Å². The molecule has 224 valence electrons. The van der Waals surface area contributed by atoms with Gasteiger partial charge >= 0.3 is 6.09 Å². The van der Waals surface area contributed by atoms with Gasteiger partial charge in [0.2, 0.25) is 11.8 Å². The van der Waals surface area contributed by atoms with Crippen molar-refractivity contribution in [1.29, 1.82) is 0 Å². The van der Waals surface area contributed by atoms with Gasteiger partial charge in [-0.1, -0.05) is 140 Å². The Labute approximate surface area is 262 Å². The first-order chi connectivity index (χ1) is 22.0. The predicted molar refractivity (Wildman–Crippen MR) is 173 cm³/mol. The van der Waals surface area contributed by atoms with E-state index in [-0.39, 0.29) is 18.9 Å². The van der Waals surface area contributed by atoms with Crippen molar-refractivity contribution in [2.24, 2.45) is 5.73 Å². The smallest absolute Gasteiger partial charge is 0.407 e. The largest absolute Gasteiger partial charge is 0.449 e. The van der Waals surface area contributed by atoms with Crippen LogP contribution in [0.3, 0.4) is 0 Å². The first-order valence-corrected chi connectivity index (χ1v) is 14.9. The number of alkyl carbamates (subject to hydrolysis) is 1.